The molecule has 24 heavy (non-hydrogen) atoms. The third-order valence-corrected chi connectivity index (χ3v) is 3.68. The molecule has 3 rings (SSSR count). The minimum atomic E-state index is -0.579. The Hall–Kier alpha value is -2.79. The maximum atomic E-state index is 12.7. The number of benzene rings is 2. The van der Waals surface area contributed by atoms with Crippen LogP contribution >= 0.6 is 11.6 Å². The molecule has 0 aliphatic heterocycles. The maximum Gasteiger partial charge on any atom is 0.252 e. The molecule has 3 aromatic rings. The molecule has 0 bridgehead atoms. The van der Waals surface area contributed by atoms with Gasteiger partial charge in [-0.05, 0) is 36.8 Å². The molecule has 0 saturated carbocycles. The number of aromatic nitrogens is 1. The van der Waals surface area contributed by atoms with Gasteiger partial charge in [-0.1, -0.05) is 47.1 Å². The summed E-state index contributed by atoms with van der Waals surface area (Å²) in [6.07, 6.45) is 0. The highest BCUT2D eigenvalue weighted by atomic mass is 35.5. The predicted molar refractivity (Wildman–Crippen MR) is 94.1 cm³/mol. The van der Waals surface area contributed by atoms with Gasteiger partial charge in [-0.25, -0.2) is 0 Å². The van der Waals surface area contributed by atoms with E-state index < -0.39 is 6.04 Å². The standard InChI is InChI=1S/C18H16ClN3O2/c1-12-11-16(22-24-12)21-18(23)17(13-5-3-2-4-6-13)20-15-9-7-14(19)8-10-15/h2-11,17,20H,1H3,(H,21,22,23)/t17-/m0/s1. The average Bonchev–Trinajstić information content (AvgIpc) is 3.00. The number of nitrogens with one attached hydrogen (secondary N) is 2. The van der Waals surface area contributed by atoms with E-state index in [1.807, 2.05) is 42.5 Å². The number of anilines is 2. The van der Waals surface area contributed by atoms with Crippen molar-refractivity contribution < 1.29 is 9.32 Å². The van der Waals surface area contributed by atoms with Crippen LogP contribution in [-0.2, 0) is 4.79 Å². The Morgan fingerprint density at radius 1 is 1.12 bits per heavy atom. The molecule has 0 aliphatic rings. The monoisotopic (exact) mass is 341 g/mol. The first-order valence-corrected chi connectivity index (χ1v) is 7.81. The largest absolute Gasteiger partial charge is 0.370 e. The molecule has 0 aliphatic carbocycles. The van der Waals surface area contributed by atoms with Crippen LogP contribution in [-0.4, -0.2) is 11.1 Å². The second-order valence-electron chi connectivity index (χ2n) is 5.31. The minimum absolute atomic E-state index is 0.232. The molecule has 2 aromatic carbocycles. The van der Waals surface area contributed by atoms with Gasteiger partial charge in [0, 0.05) is 16.8 Å². The lowest BCUT2D eigenvalue weighted by atomic mass is 10.1. The molecule has 0 radical (unpaired) electrons. The fourth-order valence-electron chi connectivity index (χ4n) is 2.28. The number of rotatable bonds is 5. The van der Waals surface area contributed by atoms with E-state index in [-0.39, 0.29) is 5.91 Å². The van der Waals surface area contributed by atoms with Crippen LogP contribution in [0.1, 0.15) is 17.4 Å². The van der Waals surface area contributed by atoms with Crippen LogP contribution in [0, 0.1) is 6.92 Å². The summed E-state index contributed by atoms with van der Waals surface area (Å²) in [5.74, 6) is 0.785. The van der Waals surface area contributed by atoms with Crippen molar-refractivity contribution in [2.24, 2.45) is 0 Å². The summed E-state index contributed by atoms with van der Waals surface area (Å²) < 4.78 is 4.98. The Morgan fingerprint density at radius 3 is 2.46 bits per heavy atom. The highest BCUT2D eigenvalue weighted by molar-refractivity contribution is 6.30. The first-order chi connectivity index (χ1) is 11.6. The van der Waals surface area contributed by atoms with Crippen molar-refractivity contribution in [3.8, 4) is 0 Å². The Bertz CT molecular complexity index is 816. The number of carbonyl (C=O) groups excluding carboxylic acids is 1. The summed E-state index contributed by atoms with van der Waals surface area (Å²) in [7, 11) is 0. The lowest BCUT2D eigenvalue weighted by Gasteiger charge is -2.19. The normalized spacial score (nSPS) is 11.8. The third kappa shape index (κ3) is 3.94. The van der Waals surface area contributed by atoms with Gasteiger partial charge < -0.3 is 15.2 Å². The highest BCUT2D eigenvalue weighted by Gasteiger charge is 2.21. The fourth-order valence-corrected chi connectivity index (χ4v) is 2.41. The van der Waals surface area contributed by atoms with Crippen LogP contribution in [0.25, 0.3) is 0 Å². The Kier molecular flexibility index (Phi) is 4.82. The van der Waals surface area contributed by atoms with Crippen molar-refractivity contribution in [2.45, 2.75) is 13.0 Å². The van der Waals surface area contributed by atoms with Crippen molar-refractivity contribution in [1.29, 1.82) is 0 Å². The first-order valence-electron chi connectivity index (χ1n) is 7.43. The van der Waals surface area contributed by atoms with E-state index in [0.29, 0.717) is 16.6 Å². The van der Waals surface area contributed by atoms with Gasteiger partial charge in [0.2, 0.25) is 0 Å². The van der Waals surface area contributed by atoms with E-state index in [2.05, 4.69) is 15.8 Å². The van der Waals surface area contributed by atoms with E-state index in [1.54, 1.807) is 25.1 Å². The van der Waals surface area contributed by atoms with Crippen molar-refractivity contribution in [3.05, 3.63) is 77.0 Å². The number of nitrogens with zero attached hydrogens (tertiary/aromatic N) is 1. The molecule has 0 spiro atoms. The van der Waals surface area contributed by atoms with Crippen LogP contribution < -0.4 is 10.6 Å². The molecule has 0 unspecified atom stereocenters. The Balaban J connectivity index is 1.84. The third-order valence-electron chi connectivity index (χ3n) is 3.43. The highest BCUT2D eigenvalue weighted by Crippen LogP contribution is 2.23. The zero-order valence-electron chi connectivity index (χ0n) is 13.0. The fraction of sp³-hybridized carbons (Fsp3) is 0.111. The summed E-state index contributed by atoms with van der Waals surface area (Å²) in [6.45, 7) is 1.77. The number of aryl methyl sites for hydroxylation is 1. The summed E-state index contributed by atoms with van der Waals surface area (Å²) in [5.41, 5.74) is 1.63. The number of hydrogen-bond donors (Lipinski definition) is 2. The molecule has 1 heterocycles. The molecule has 1 atom stereocenters. The van der Waals surface area contributed by atoms with Gasteiger partial charge >= 0.3 is 0 Å². The van der Waals surface area contributed by atoms with Crippen molar-refractivity contribution in [1.82, 2.24) is 5.16 Å². The minimum Gasteiger partial charge on any atom is -0.370 e. The smallest absolute Gasteiger partial charge is 0.252 e. The summed E-state index contributed by atoms with van der Waals surface area (Å²) in [6, 6.07) is 17.7. The number of carbonyl (C=O) groups is 1. The number of amides is 1. The Morgan fingerprint density at radius 2 is 1.83 bits per heavy atom. The first kappa shape index (κ1) is 16.1. The van der Waals surface area contributed by atoms with Gasteiger partial charge in [-0.3, -0.25) is 4.79 Å². The van der Waals surface area contributed by atoms with Gasteiger partial charge in [-0.15, -0.1) is 0 Å². The van der Waals surface area contributed by atoms with Crippen LogP contribution in [0.5, 0.6) is 0 Å². The summed E-state index contributed by atoms with van der Waals surface area (Å²) >= 11 is 5.91. The molecular formula is C18H16ClN3O2. The number of halogens is 1. The van der Waals surface area contributed by atoms with Gasteiger partial charge in [0.25, 0.3) is 5.91 Å². The van der Waals surface area contributed by atoms with Gasteiger partial charge in [0.05, 0.1) is 0 Å². The molecule has 0 saturated heterocycles. The lowest BCUT2D eigenvalue weighted by molar-refractivity contribution is -0.117. The maximum absolute atomic E-state index is 12.7. The zero-order valence-corrected chi connectivity index (χ0v) is 13.7. The summed E-state index contributed by atoms with van der Waals surface area (Å²) in [5, 5.41) is 10.4. The zero-order chi connectivity index (χ0) is 16.9. The molecule has 6 heteroatoms. The van der Waals surface area contributed by atoms with Crippen molar-refractivity contribution >= 4 is 29.0 Å². The van der Waals surface area contributed by atoms with E-state index in [4.69, 9.17) is 16.1 Å². The van der Waals surface area contributed by atoms with E-state index in [9.17, 15) is 4.79 Å². The van der Waals surface area contributed by atoms with Crippen molar-refractivity contribution in [2.75, 3.05) is 10.6 Å². The van der Waals surface area contributed by atoms with Gasteiger partial charge in [-0.2, -0.15) is 0 Å². The predicted octanol–water partition coefficient (Wildman–Crippen LogP) is 4.43. The van der Waals surface area contributed by atoms with Crippen LogP contribution in [0.15, 0.2) is 65.2 Å². The molecule has 1 amide bonds. The Labute approximate surface area is 144 Å². The van der Waals surface area contributed by atoms with E-state index in [0.717, 1.165) is 11.3 Å². The second kappa shape index (κ2) is 7.19. The molecule has 5 nitrogen and oxygen atoms in total. The SMILES string of the molecule is Cc1cc(NC(=O)[C@@H](Nc2ccc(Cl)cc2)c2ccccc2)no1. The lowest BCUT2D eigenvalue weighted by Crippen LogP contribution is -2.27. The topological polar surface area (TPSA) is 67.2 Å². The van der Waals surface area contributed by atoms with Crippen LogP contribution in [0.3, 0.4) is 0 Å². The average molecular weight is 342 g/mol. The molecule has 2 N–H and O–H groups in total. The van der Waals surface area contributed by atoms with Crippen LogP contribution in [0.2, 0.25) is 5.02 Å². The molecular weight excluding hydrogens is 326 g/mol. The van der Waals surface area contributed by atoms with E-state index in [1.165, 1.54) is 0 Å². The summed E-state index contributed by atoms with van der Waals surface area (Å²) in [4.78, 5) is 12.7. The van der Waals surface area contributed by atoms with Crippen molar-refractivity contribution in [3.63, 3.8) is 0 Å². The van der Waals surface area contributed by atoms with Gasteiger partial charge in [0.1, 0.15) is 11.8 Å². The van der Waals surface area contributed by atoms with Crippen LogP contribution in [0.4, 0.5) is 11.5 Å². The number of hydrogen-bond acceptors (Lipinski definition) is 4. The van der Waals surface area contributed by atoms with Gasteiger partial charge in [0.15, 0.2) is 5.82 Å². The molecule has 0 fully saturated rings. The van der Waals surface area contributed by atoms with E-state index >= 15 is 0 Å². The quantitative estimate of drug-likeness (QED) is 0.720. The molecule has 122 valence electrons. The second-order valence-corrected chi connectivity index (χ2v) is 5.74. The molecule has 1 aromatic heterocycles.